The van der Waals surface area contributed by atoms with Crippen LogP contribution in [0.4, 0.5) is 5.95 Å². The summed E-state index contributed by atoms with van der Waals surface area (Å²) in [5.74, 6) is 1.51. The fourth-order valence-corrected chi connectivity index (χ4v) is 2.38. The second-order valence-corrected chi connectivity index (χ2v) is 5.65. The Morgan fingerprint density at radius 1 is 1.10 bits per heavy atom. The first-order chi connectivity index (χ1) is 10.2. The average molecular weight is 280 g/mol. The van der Waals surface area contributed by atoms with E-state index in [0.717, 1.165) is 24.6 Å². The van der Waals surface area contributed by atoms with Crippen LogP contribution in [0.2, 0.25) is 0 Å². The standard InChI is InChI=1S/C17H20N4/c1-13(2)11-20-17-19-9-10-21(17)12-15-6-3-5-14-7-4-8-18-16(14)15/h3-10,13H,11-12H2,1-2H3,(H,19,20). The van der Waals surface area contributed by atoms with Crippen LogP contribution >= 0.6 is 0 Å². The number of benzene rings is 1. The summed E-state index contributed by atoms with van der Waals surface area (Å²) in [5.41, 5.74) is 2.27. The van der Waals surface area contributed by atoms with Gasteiger partial charge in [0.25, 0.3) is 0 Å². The molecule has 0 aliphatic heterocycles. The lowest BCUT2D eigenvalue weighted by Crippen LogP contribution is -2.13. The zero-order valence-corrected chi connectivity index (χ0v) is 12.5. The molecule has 2 heterocycles. The second-order valence-electron chi connectivity index (χ2n) is 5.65. The highest BCUT2D eigenvalue weighted by molar-refractivity contribution is 5.81. The van der Waals surface area contributed by atoms with E-state index in [4.69, 9.17) is 0 Å². The molecule has 108 valence electrons. The van der Waals surface area contributed by atoms with Gasteiger partial charge in [0.05, 0.1) is 12.1 Å². The van der Waals surface area contributed by atoms with Gasteiger partial charge >= 0.3 is 0 Å². The molecule has 3 aromatic rings. The fourth-order valence-electron chi connectivity index (χ4n) is 2.38. The van der Waals surface area contributed by atoms with Gasteiger partial charge in [-0.05, 0) is 17.5 Å². The Labute approximate surface area is 124 Å². The third-order valence-electron chi connectivity index (χ3n) is 3.44. The molecule has 4 nitrogen and oxygen atoms in total. The van der Waals surface area contributed by atoms with Crippen LogP contribution in [-0.2, 0) is 6.54 Å². The highest BCUT2D eigenvalue weighted by Gasteiger charge is 2.07. The van der Waals surface area contributed by atoms with Gasteiger partial charge in [0.1, 0.15) is 0 Å². The maximum Gasteiger partial charge on any atom is 0.203 e. The summed E-state index contributed by atoms with van der Waals surface area (Å²) < 4.78 is 2.13. The van der Waals surface area contributed by atoms with Crippen molar-refractivity contribution in [2.24, 2.45) is 5.92 Å². The number of nitrogens with zero attached hydrogens (tertiary/aromatic N) is 3. The topological polar surface area (TPSA) is 42.7 Å². The van der Waals surface area contributed by atoms with E-state index < -0.39 is 0 Å². The van der Waals surface area contributed by atoms with Crippen LogP contribution in [0.25, 0.3) is 10.9 Å². The van der Waals surface area contributed by atoms with Crippen molar-refractivity contribution < 1.29 is 0 Å². The number of para-hydroxylation sites is 1. The van der Waals surface area contributed by atoms with Crippen LogP contribution in [0, 0.1) is 5.92 Å². The highest BCUT2D eigenvalue weighted by atomic mass is 15.2. The van der Waals surface area contributed by atoms with Crippen molar-refractivity contribution in [3.63, 3.8) is 0 Å². The number of fused-ring (bicyclic) bond motifs is 1. The van der Waals surface area contributed by atoms with Crippen molar-refractivity contribution in [1.29, 1.82) is 0 Å². The number of rotatable bonds is 5. The highest BCUT2D eigenvalue weighted by Crippen LogP contribution is 2.18. The smallest absolute Gasteiger partial charge is 0.203 e. The Morgan fingerprint density at radius 3 is 2.81 bits per heavy atom. The van der Waals surface area contributed by atoms with Crippen LogP contribution in [0.1, 0.15) is 19.4 Å². The minimum absolute atomic E-state index is 0.592. The molecule has 21 heavy (non-hydrogen) atoms. The van der Waals surface area contributed by atoms with E-state index in [-0.39, 0.29) is 0 Å². The minimum Gasteiger partial charge on any atom is -0.355 e. The summed E-state index contributed by atoms with van der Waals surface area (Å²) >= 11 is 0. The van der Waals surface area contributed by atoms with Crippen molar-refractivity contribution in [2.75, 3.05) is 11.9 Å². The lowest BCUT2D eigenvalue weighted by molar-refractivity contribution is 0.676. The first-order valence-corrected chi connectivity index (χ1v) is 7.31. The molecule has 0 saturated carbocycles. The van der Waals surface area contributed by atoms with Gasteiger partial charge in [0, 0.05) is 30.5 Å². The molecular formula is C17H20N4. The van der Waals surface area contributed by atoms with Gasteiger partial charge in [-0.15, -0.1) is 0 Å². The molecule has 0 unspecified atom stereocenters. The molecule has 3 rings (SSSR count). The molecule has 0 saturated heterocycles. The molecule has 4 heteroatoms. The largest absolute Gasteiger partial charge is 0.355 e. The maximum atomic E-state index is 4.51. The summed E-state index contributed by atoms with van der Waals surface area (Å²) in [4.78, 5) is 8.91. The Bertz CT molecular complexity index is 725. The zero-order chi connectivity index (χ0) is 14.7. The average Bonchev–Trinajstić information content (AvgIpc) is 2.93. The quantitative estimate of drug-likeness (QED) is 0.777. The van der Waals surface area contributed by atoms with Gasteiger partial charge in [0.15, 0.2) is 0 Å². The van der Waals surface area contributed by atoms with Gasteiger partial charge in [-0.1, -0.05) is 38.1 Å². The van der Waals surface area contributed by atoms with Crippen molar-refractivity contribution in [1.82, 2.24) is 14.5 Å². The summed E-state index contributed by atoms with van der Waals surface area (Å²) in [6.45, 7) is 6.07. The predicted octanol–water partition coefficient (Wildman–Crippen LogP) is 3.55. The van der Waals surface area contributed by atoms with Gasteiger partial charge in [-0.25, -0.2) is 4.98 Å². The Kier molecular flexibility index (Phi) is 3.86. The van der Waals surface area contributed by atoms with Crippen molar-refractivity contribution in [3.8, 4) is 0 Å². The van der Waals surface area contributed by atoms with Crippen LogP contribution < -0.4 is 5.32 Å². The molecule has 0 aliphatic carbocycles. The normalized spacial score (nSPS) is 11.2. The minimum atomic E-state index is 0.592. The van der Waals surface area contributed by atoms with E-state index in [1.54, 1.807) is 0 Å². The third-order valence-corrected chi connectivity index (χ3v) is 3.44. The van der Waals surface area contributed by atoms with E-state index >= 15 is 0 Å². The molecule has 0 amide bonds. The Morgan fingerprint density at radius 2 is 1.95 bits per heavy atom. The predicted molar refractivity (Wildman–Crippen MR) is 86.4 cm³/mol. The first-order valence-electron chi connectivity index (χ1n) is 7.31. The number of hydrogen-bond donors (Lipinski definition) is 1. The van der Waals surface area contributed by atoms with Crippen LogP contribution in [0.15, 0.2) is 48.9 Å². The van der Waals surface area contributed by atoms with Crippen LogP contribution in [0.5, 0.6) is 0 Å². The lowest BCUT2D eigenvalue weighted by atomic mass is 10.1. The maximum absolute atomic E-state index is 4.51. The van der Waals surface area contributed by atoms with E-state index in [2.05, 4.69) is 58.0 Å². The number of anilines is 1. The molecule has 0 aliphatic rings. The number of pyridine rings is 1. The monoisotopic (exact) mass is 280 g/mol. The fraction of sp³-hybridized carbons (Fsp3) is 0.294. The Balaban J connectivity index is 1.87. The second kappa shape index (κ2) is 5.95. The molecule has 0 atom stereocenters. The zero-order valence-electron chi connectivity index (χ0n) is 12.5. The van der Waals surface area contributed by atoms with E-state index in [1.165, 1.54) is 10.9 Å². The van der Waals surface area contributed by atoms with E-state index in [9.17, 15) is 0 Å². The van der Waals surface area contributed by atoms with E-state index in [1.807, 2.05) is 24.7 Å². The molecule has 1 N–H and O–H groups in total. The molecule has 2 aromatic heterocycles. The molecule has 0 spiro atoms. The van der Waals surface area contributed by atoms with Crippen molar-refractivity contribution in [2.45, 2.75) is 20.4 Å². The number of hydrogen-bond acceptors (Lipinski definition) is 3. The van der Waals surface area contributed by atoms with Crippen LogP contribution in [-0.4, -0.2) is 21.1 Å². The summed E-state index contributed by atoms with van der Waals surface area (Å²) in [6, 6.07) is 10.4. The molecule has 0 radical (unpaired) electrons. The summed E-state index contributed by atoms with van der Waals surface area (Å²) in [5, 5.41) is 4.57. The van der Waals surface area contributed by atoms with Gasteiger partial charge in [-0.3, -0.25) is 4.98 Å². The summed E-state index contributed by atoms with van der Waals surface area (Å²) in [6.07, 6.45) is 5.68. The van der Waals surface area contributed by atoms with Gasteiger partial charge in [0.2, 0.25) is 5.95 Å². The van der Waals surface area contributed by atoms with Crippen molar-refractivity contribution in [3.05, 3.63) is 54.5 Å². The molecule has 0 fully saturated rings. The lowest BCUT2D eigenvalue weighted by Gasteiger charge is -2.12. The van der Waals surface area contributed by atoms with Crippen molar-refractivity contribution >= 4 is 16.9 Å². The number of nitrogens with one attached hydrogen (secondary N) is 1. The number of imidazole rings is 1. The number of aromatic nitrogens is 3. The molecular weight excluding hydrogens is 260 g/mol. The first kappa shape index (κ1) is 13.6. The van der Waals surface area contributed by atoms with Crippen LogP contribution in [0.3, 0.4) is 0 Å². The molecule has 0 bridgehead atoms. The molecule has 1 aromatic carbocycles. The van der Waals surface area contributed by atoms with Gasteiger partial charge < -0.3 is 9.88 Å². The van der Waals surface area contributed by atoms with E-state index in [0.29, 0.717) is 5.92 Å². The SMILES string of the molecule is CC(C)CNc1nccn1Cc1cccc2cccnc12. The van der Waals surface area contributed by atoms with Gasteiger partial charge in [-0.2, -0.15) is 0 Å². The summed E-state index contributed by atoms with van der Waals surface area (Å²) in [7, 11) is 0. The third kappa shape index (κ3) is 3.05. The Hall–Kier alpha value is -2.36.